The number of hydrogen-bond acceptors (Lipinski definition) is 4. The van der Waals surface area contributed by atoms with Crippen LogP contribution in [-0.2, 0) is 17.6 Å². The number of nitrogens with one attached hydrogen (secondary N) is 2. The number of hydrogen-bond donors (Lipinski definition) is 3. The standard InChI is InChI=1S/C33H30N2O4/c1-22(20-31(36)24-8-3-2-4-9-24)34-30(33(37)38)21-23-14-16-26(17-15-23)39-19-18-25-10-7-12-28-27-11-5-6-13-29(27)35-32(25)28/h2-17,20,30,34-35H,18-19,21H2,1H3,(H,37,38)/b22-20-. The zero-order valence-electron chi connectivity index (χ0n) is 21.7. The van der Waals surface area contributed by atoms with Crippen molar-refractivity contribution >= 4 is 33.6 Å². The number of H-pyrrole nitrogens is 1. The summed E-state index contributed by atoms with van der Waals surface area (Å²) >= 11 is 0. The lowest BCUT2D eigenvalue weighted by Gasteiger charge is -2.16. The average molecular weight is 519 g/mol. The summed E-state index contributed by atoms with van der Waals surface area (Å²) < 4.78 is 6.00. The zero-order valence-corrected chi connectivity index (χ0v) is 21.7. The highest BCUT2D eigenvalue weighted by molar-refractivity contribution is 6.08. The number of carbonyl (C=O) groups is 2. The highest BCUT2D eigenvalue weighted by Gasteiger charge is 2.18. The highest BCUT2D eigenvalue weighted by Crippen LogP contribution is 2.27. The molecule has 3 N–H and O–H groups in total. The van der Waals surface area contributed by atoms with Crippen LogP contribution in [0.4, 0.5) is 0 Å². The van der Waals surface area contributed by atoms with E-state index in [1.807, 2.05) is 36.4 Å². The van der Waals surface area contributed by atoms with Crippen LogP contribution in [0.1, 0.15) is 28.4 Å². The Kier molecular flexibility index (Phi) is 7.73. The third-order valence-electron chi connectivity index (χ3n) is 6.74. The second kappa shape index (κ2) is 11.7. The lowest BCUT2D eigenvalue weighted by molar-refractivity contribution is -0.139. The van der Waals surface area contributed by atoms with Crippen molar-refractivity contribution in [2.24, 2.45) is 0 Å². The Morgan fingerprint density at radius 1 is 0.897 bits per heavy atom. The van der Waals surface area contributed by atoms with E-state index in [1.165, 1.54) is 22.4 Å². The van der Waals surface area contributed by atoms with Crippen molar-refractivity contribution in [3.05, 3.63) is 126 Å². The van der Waals surface area contributed by atoms with Gasteiger partial charge < -0.3 is 20.1 Å². The molecule has 1 heterocycles. The molecule has 0 saturated carbocycles. The van der Waals surface area contributed by atoms with Gasteiger partial charge in [-0.25, -0.2) is 4.79 Å². The Labute approximate surface area is 226 Å². The van der Waals surface area contributed by atoms with Gasteiger partial charge in [0.15, 0.2) is 5.78 Å². The number of carboxylic acid groups (broad SMARTS) is 1. The number of para-hydroxylation sites is 2. The molecule has 5 rings (SSSR count). The third-order valence-corrected chi connectivity index (χ3v) is 6.74. The van der Waals surface area contributed by atoms with Crippen LogP contribution in [0.15, 0.2) is 109 Å². The van der Waals surface area contributed by atoms with Crippen molar-refractivity contribution < 1.29 is 19.4 Å². The van der Waals surface area contributed by atoms with Crippen LogP contribution < -0.4 is 10.1 Å². The Hall–Kier alpha value is -4.84. The monoisotopic (exact) mass is 518 g/mol. The summed E-state index contributed by atoms with van der Waals surface area (Å²) in [6, 6.07) is 30.1. The molecule has 39 heavy (non-hydrogen) atoms. The summed E-state index contributed by atoms with van der Waals surface area (Å²) in [5.74, 6) is -0.430. The van der Waals surface area contributed by atoms with E-state index < -0.39 is 12.0 Å². The van der Waals surface area contributed by atoms with Crippen molar-refractivity contribution in [2.75, 3.05) is 6.61 Å². The van der Waals surface area contributed by atoms with E-state index in [2.05, 4.69) is 46.7 Å². The second-order valence-corrected chi connectivity index (χ2v) is 9.55. The molecule has 0 spiro atoms. The maximum atomic E-state index is 12.4. The number of aliphatic carboxylic acids is 1. The smallest absolute Gasteiger partial charge is 0.326 e. The normalized spacial score (nSPS) is 12.4. The SMILES string of the molecule is C/C(=C/C(=O)c1ccccc1)NC(Cc1ccc(OCCc2cccc3c2[nH]c2ccccc23)cc1)C(=O)O. The molecule has 0 amide bonds. The van der Waals surface area contributed by atoms with Crippen LogP contribution in [0.2, 0.25) is 0 Å². The van der Waals surface area contributed by atoms with Gasteiger partial charge in [-0.15, -0.1) is 0 Å². The molecule has 4 aromatic carbocycles. The number of aromatic amines is 1. The Morgan fingerprint density at radius 3 is 2.38 bits per heavy atom. The minimum absolute atomic E-state index is 0.174. The van der Waals surface area contributed by atoms with Gasteiger partial charge in [0.25, 0.3) is 0 Å². The van der Waals surface area contributed by atoms with Crippen molar-refractivity contribution in [1.29, 1.82) is 0 Å². The van der Waals surface area contributed by atoms with Crippen LogP contribution in [0.25, 0.3) is 21.8 Å². The van der Waals surface area contributed by atoms with E-state index in [0.717, 1.165) is 28.8 Å². The van der Waals surface area contributed by atoms with Gasteiger partial charge in [0.05, 0.1) is 6.61 Å². The van der Waals surface area contributed by atoms with E-state index in [-0.39, 0.29) is 12.2 Å². The minimum Gasteiger partial charge on any atom is -0.493 e. The molecule has 0 fully saturated rings. The number of ketones is 1. The number of ether oxygens (including phenoxy) is 1. The van der Waals surface area contributed by atoms with Gasteiger partial charge in [0.1, 0.15) is 11.8 Å². The fraction of sp³-hybridized carbons (Fsp3) is 0.152. The molecule has 5 aromatic rings. The molecule has 1 atom stereocenters. The van der Waals surface area contributed by atoms with Crippen LogP contribution in [0.5, 0.6) is 5.75 Å². The zero-order chi connectivity index (χ0) is 27.2. The molecule has 0 aliphatic carbocycles. The molecule has 1 unspecified atom stereocenters. The van der Waals surface area contributed by atoms with E-state index >= 15 is 0 Å². The number of aromatic nitrogens is 1. The first kappa shape index (κ1) is 25.8. The van der Waals surface area contributed by atoms with Crippen molar-refractivity contribution in [3.8, 4) is 5.75 Å². The quantitative estimate of drug-likeness (QED) is 0.141. The van der Waals surface area contributed by atoms with Gasteiger partial charge in [0.2, 0.25) is 0 Å². The average Bonchev–Trinajstić information content (AvgIpc) is 3.33. The summed E-state index contributed by atoms with van der Waals surface area (Å²) in [5, 5.41) is 15.1. The van der Waals surface area contributed by atoms with Gasteiger partial charge in [0, 0.05) is 52.0 Å². The van der Waals surface area contributed by atoms with Crippen LogP contribution in [0.3, 0.4) is 0 Å². The number of carbonyl (C=O) groups excluding carboxylic acids is 1. The molecule has 0 bridgehead atoms. The van der Waals surface area contributed by atoms with Crippen LogP contribution in [0, 0.1) is 0 Å². The number of allylic oxidation sites excluding steroid dienone is 2. The molecule has 6 heteroatoms. The Morgan fingerprint density at radius 2 is 1.62 bits per heavy atom. The molecule has 196 valence electrons. The summed E-state index contributed by atoms with van der Waals surface area (Å²) in [6.45, 7) is 2.22. The summed E-state index contributed by atoms with van der Waals surface area (Å²) in [6.07, 6.45) is 2.45. The first-order chi connectivity index (χ1) is 19.0. The first-order valence-electron chi connectivity index (χ1n) is 12.9. The molecule has 0 aliphatic rings. The summed E-state index contributed by atoms with van der Waals surface area (Å²) in [4.78, 5) is 27.8. The number of carboxylic acids is 1. The second-order valence-electron chi connectivity index (χ2n) is 9.55. The van der Waals surface area contributed by atoms with Crippen molar-refractivity contribution in [3.63, 3.8) is 0 Å². The molecular weight excluding hydrogens is 488 g/mol. The van der Waals surface area contributed by atoms with Gasteiger partial charge in [-0.2, -0.15) is 0 Å². The molecule has 0 aliphatic heterocycles. The summed E-state index contributed by atoms with van der Waals surface area (Å²) in [7, 11) is 0. The molecule has 0 radical (unpaired) electrons. The summed E-state index contributed by atoms with van der Waals surface area (Å²) in [5.41, 5.74) is 5.37. The fourth-order valence-corrected chi connectivity index (χ4v) is 4.78. The maximum absolute atomic E-state index is 12.4. The fourth-order valence-electron chi connectivity index (χ4n) is 4.78. The van der Waals surface area contributed by atoms with E-state index in [9.17, 15) is 14.7 Å². The predicted octanol–water partition coefficient (Wildman–Crippen LogP) is 6.31. The van der Waals surface area contributed by atoms with Crippen LogP contribution >= 0.6 is 0 Å². The molecular formula is C33H30N2O4. The van der Waals surface area contributed by atoms with E-state index in [4.69, 9.17) is 4.74 Å². The van der Waals surface area contributed by atoms with Crippen molar-refractivity contribution in [1.82, 2.24) is 10.3 Å². The number of fused-ring (bicyclic) bond motifs is 3. The maximum Gasteiger partial charge on any atom is 0.326 e. The topological polar surface area (TPSA) is 91.4 Å². The van der Waals surface area contributed by atoms with Gasteiger partial charge in [-0.1, -0.05) is 78.9 Å². The van der Waals surface area contributed by atoms with Gasteiger partial charge >= 0.3 is 5.97 Å². The molecule has 0 saturated heterocycles. The van der Waals surface area contributed by atoms with Crippen LogP contribution in [-0.4, -0.2) is 34.5 Å². The van der Waals surface area contributed by atoms with E-state index in [0.29, 0.717) is 17.9 Å². The molecule has 1 aromatic heterocycles. The lowest BCUT2D eigenvalue weighted by Crippen LogP contribution is -2.37. The van der Waals surface area contributed by atoms with Gasteiger partial charge in [-0.05, 0) is 36.2 Å². The minimum atomic E-state index is -0.985. The largest absolute Gasteiger partial charge is 0.493 e. The Balaban J connectivity index is 1.18. The Bertz CT molecular complexity index is 1640. The first-order valence-corrected chi connectivity index (χ1v) is 12.9. The van der Waals surface area contributed by atoms with E-state index in [1.54, 1.807) is 31.2 Å². The third kappa shape index (κ3) is 6.18. The number of benzene rings is 4. The van der Waals surface area contributed by atoms with Crippen molar-refractivity contribution in [2.45, 2.75) is 25.8 Å². The van der Waals surface area contributed by atoms with Gasteiger partial charge in [-0.3, -0.25) is 4.79 Å². The lowest BCUT2D eigenvalue weighted by atomic mass is 10.0. The molecule has 6 nitrogen and oxygen atoms in total. The predicted molar refractivity (Wildman–Crippen MR) is 154 cm³/mol. The number of rotatable bonds is 11. The highest BCUT2D eigenvalue weighted by atomic mass is 16.5.